The molecule has 1 aromatic rings. The standard InChI is InChI=1S/C13H20N2/c1-9-5-10(2)7-11(6-9)13(8-14)15-12-3-4-12/h5-7,12-13,15H,3-4,8,14H2,1-2H3. The lowest BCUT2D eigenvalue weighted by Gasteiger charge is -2.18. The van der Waals surface area contributed by atoms with Crippen LogP contribution in [0.5, 0.6) is 0 Å². The minimum absolute atomic E-state index is 0.330. The summed E-state index contributed by atoms with van der Waals surface area (Å²) in [4.78, 5) is 0. The van der Waals surface area contributed by atoms with Gasteiger partial charge < -0.3 is 11.1 Å². The molecule has 1 aromatic carbocycles. The van der Waals surface area contributed by atoms with Crippen molar-refractivity contribution in [2.24, 2.45) is 5.73 Å². The zero-order chi connectivity index (χ0) is 10.8. The Morgan fingerprint density at radius 1 is 1.27 bits per heavy atom. The van der Waals surface area contributed by atoms with Crippen LogP contribution >= 0.6 is 0 Å². The third kappa shape index (κ3) is 2.80. The molecule has 1 aliphatic rings. The van der Waals surface area contributed by atoms with Gasteiger partial charge in [-0.1, -0.05) is 29.3 Å². The van der Waals surface area contributed by atoms with Crippen LogP contribution in [0.2, 0.25) is 0 Å². The Kier molecular flexibility index (Phi) is 3.08. The SMILES string of the molecule is Cc1cc(C)cc(C(CN)NC2CC2)c1. The topological polar surface area (TPSA) is 38.0 Å². The number of nitrogens with two attached hydrogens (primary N) is 1. The zero-order valence-corrected chi connectivity index (χ0v) is 9.59. The number of aryl methyl sites for hydroxylation is 2. The third-order valence-electron chi connectivity index (χ3n) is 2.90. The van der Waals surface area contributed by atoms with Crippen LogP contribution in [0.25, 0.3) is 0 Å². The van der Waals surface area contributed by atoms with Crippen LogP contribution in [0.4, 0.5) is 0 Å². The van der Waals surface area contributed by atoms with E-state index in [1.807, 2.05) is 0 Å². The Morgan fingerprint density at radius 3 is 2.33 bits per heavy atom. The maximum absolute atomic E-state index is 5.82. The van der Waals surface area contributed by atoms with E-state index in [1.165, 1.54) is 29.5 Å². The van der Waals surface area contributed by atoms with Gasteiger partial charge in [0.25, 0.3) is 0 Å². The van der Waals surface area contributed by atoms with E-state index in [9.17, 15) is 0 Å². The van der Waals surface area contributed by atoms with Gasteiger partial charge in [-0.2, -0.15) is 0 Å². The highest BCUT2D eigenvalue weighted by Crippen LogP contribution is 2.24. The molecule has 1 aliphatic carbocycles. The summed E-state index contributed by atoms with van der Waals surface area (Å²) in [5.41, 5.74) is 9.79. The molecule has 0 radical (unpaired) electrons. The first-order valence-electron chi connectivity index (χ1n) is 5.73. The van der Waals surface area contributed by atoms with E-state index in [0.717, 1.165) is 0 Å². The van der Waals surface area contributed by atoms with E-state index in [1.54, 1.807) is 0 Å². The average molecular weight is 204 g/mol. The Balaban J connectivity index is 2.16. The van der Waals surface area contributed by atoms with Gasteiger partial charge >= 0.3 is 0 Å². The van der Waals surface area contributed by atoms with Gasteiger partial charge in [-0.05, 0) is 32.3 Å². The second-order valence-corrected chi connectivity index (χ2v) is 4.65. The van der Waals surface area contributed by atoms with Gasteiger partial charge in [-0.3, -0.25) is 0 Å². The van der Waals surface area contributed by atoms with Crippen molar-refractivity contribution in [3.05, 3.63) is 34.9 Å². The lowest BCUT2D eigenvalue weighted by Crippen LogP contribution is -2.29. The van der Waals surface area contributed by atoms with Crippen LogP contribution in [-0.2, 0) is 0 Å². The normalized spacial score (nSPS) is 17.8. The molecule has 1 saturated carbocycles. The molecule has 82 valence electrons. The summed E-state index contributed by atoms with van der Waals surface area (Å²) < 4.78 is 0. The van der Waals surface area contributed by atoms with Crippen LogP contribution in [0.1, 0.15) is 35.6 Å². The number of benzene rings is 1. The average Bonchev–Trinajstić information content (AvgIpc) is 2.96. The quantitative estimate of drug-likeness (QED) is 0.788. The molecule has 2 heteroatoms. The van der Waals surface area contributed by atoms with Gasteiger partial charge in [0.2, 0.25) is 0 Å². The number of nitrogens with one attached hydrogen (secondary N) is 1. The van der Waals surface area contributed by atoms with Crippen molar-refractivity contribution < 1.29 is 0 Å². The van der Waals surface area contributed by atoms with E-state index < -0.39 is 0 Å². The molecule has 0 bridgehead atoms. The van der Waals surface area contributed by atoms with Crippen molar-refractivity contribution in [3.63, 3.8) is 0 Å². The largest absolute Gasteiger partial charge is 0.329 e. The third-order valence-corrected chi connectivity index (χ3v) is 2.90. The summed E-state index contributed by atoms with van der Waals surface area (Å²) in [7, 11) is 0. The van der Waals surface area contributed by atoms with Gasteiger partial charge in [-0.25, -0.2) is 0 Å². The maximum Gasteiger partial charge on any atom is 0.0446 e. The molecular weight excluding hydrogens is 184 g/mol. The highest BCUT2D eigenvalue weighted by atomic mass is 15.0. The van der Waals surface area contributed by atoms with Crippen LogP contribution < -0.4 is 11.1 Å². The monoisotopic (exact) mass is 204 g/mol. The summed E-state index contributed by atoms with van der Waals surface area (Å²) in [5.74, 6) is 0. The highest BCUT2D eigenvalue weighted by Gasteiger charge is 2.24. The fourth-order valence-electron chi connectivity index (χ4n) is 2.05. The Morgan fingerprint density at radius 2 is 1.87 bits per heavy atom. The van der Waals surface area contributed by atoms with Crippen LogP contribution in [0.15, 0.2) is 18.2 Å². The molecule has 15 heavy (non-hydrogen) atoms. The lowest BCUT2D eigenvalue weighted by molar-refractivity contribution is 0.538. The fourth-order valence-corrected chi connectivity index (χ4v) is 2.05. The molecule has 1 unspecified atom stereocenters. The molecule has 0 amide bonds. The van der Waals surface area contributed by atoms with Gasteiger partial charge in [0, 0.05) is 18.6 Å². The Labute approximate surface area is 91.9 Å². The summed E-state index contributed by atoms with van der Waals surface area (Å²) >= 11 is 0. The van der Waals surface area contributed by atoms with Gasteiger partial charge in [0.15, 0.2) is 0 Å². The van der Waals surface area contributed by atoms with Gasteiger partial charge in [0.05, 0.1) is 0 Å². The van der Waals surface area contributed by atoms with Gasteiger partial charge in [0.1, 0.15) is 0 Å². The van der Waals surface area contributed by atoms with Crippen LogP contribution in [0.3, 0.4) is 0 Å². The maximum atomic E-state index is 5.82. The first-order chi connectivity index (χ1) is 7.19. The predicted molar refractivity (Wildman–Crippen MR) is 63.9 cm³/mol. The fraction of sp³-hybridized carbons (Fsp3) is 0.538. The molecule has 1 atom stereocenters. The van der Waals surface area contributed by atoms with Crippen molar-refractivity contribution >= 4 is 0 Å². The molecule has 0 spiro atoms. The molecule has 0 aromatic heterocycles. The first-order valence-corrected chi connectivity index (χ1v) is 5.73. The van der Waals surface area contributed by atoms with E-state index in [4.69, 9.17) is 5.73 Å². The summed E-state index contributed by atoms with van der Waals surface area (Å²) in [6, 6.07) is 7.71. The molecule has 3 N–H and O–H groups in total. The first kappa shape index (κ1) is 10.7. The van der Waals surface area contributed by atoms with Gasteiger partial charge in [-0.15, -0.1) is 0 Å². The molecule has 0 aliphatic heterocycles. The number of hydrogen-bond acceptors (Lipinski definition) is 2. The van der Waals surface area contributed by atoms with Crippen molar-refractivity contribution in [1.82, 2.24) is 5.32 Å². The minimum Gasteiger partial charge on any atom is -0.329 e. The molecule has 2 rings (SSSR count). The number of hydrogen-bond donors (Lipinski definition) is 2. The van der Waals surface area contributed by atoms with E-state index in [-0.39, 0.29) is 0 Å². The molecule has 0 heterocycles. The van der Waals surface area contributed by atoms with Crippen LogP contribution in [-0.4, -0.2) is 12.6 Å². The Bertz CT molecular complexity index is 322. The molecule has 2 nitrogen and oxygen atoms in total. The second kappa shape index (κ2) is 4.33. The zero-order valence-electron chi connectivity index (χ0n) is 9.59. The molecular formula is C13H20N2. The van der Waals surface area contributed by atoms with Crippen molar-refractivity contribution in [2.75, 3.05) is 6.54 Å². The minimum atomic E-state index is 0.330. The number of rotatable bonds is 4. The Hall–Kier alpha value is -0.860. The predicted octanol–water partition coefficient (Wildman–Crippen LogP) is 2.06. The van der Waals surface area contributed by atoms with E-state index in [0.29, 0.717) is 18.6 Å². The van der Waals surface area contributed by atoms with Crippen LogP contribution in [0, 0.1) is 13.8 Å². The molecule has 1 fully saturated rings. The van der Waals surface area contributed by atoms with Crippen molar-refractivity contribution in [1.29, 1.82) is 0 Å². The van der Waals surface area contributed by atoms with Crippen molar-refractivity contribution in [2.45, 2.75) is 38.8 Å². The summed E-state index contributed by atoms with van der Waals surface area (Å²) in [6.45, 7) is 4.96. The summed E-state index contributed by atoms with van der Waals surface area (Å²) in [5, 5.41) is 3.59. The highest BCUT2D eigenvalue weighted by molar-refractivity contribution is 5.31. The van der Waals surface area contributed by atoms with E-state index in [2.05, 4.69) is 37.4 Å². The lowest BCUT2D eigenvalue weighted by atomic mass is 10.0. The smallest absolute Gasteiger partial charge is 0.0446 e. The van der Waals surface area contributed by atoms with E-state index >= 15 is 0 Å². The second-order valence-electron chi connectivity index (χ2n) is 4.65. The van der Waals surface area contributed by atoms with Crippen molar-refractivity contribution in [3.8, 4) is 0 Å². The summed E-state index contributed by atoms with van der Waals surface area (Å²) in [6.07, 6.45) is 2.61. The molecule has 0 saturated heterocycles.